The zero-order valence-corrected chi connectivity index (χ0v) is 11.5. The second-order valence-corrected chi connectivity index (χ2v) is 5.66. The lowest BCUT2D eigenvalue weighted by Crippen LogP contribution is -2.12. The van der Waals surface area contributed by atoms with Crippen LogP contribution in [0.25, 0.3) is 0 Å². The molecule has 16 heavy (non-hydrogen) atoms. The van der Waals surface area contributed by atoms with Crippen molar-refractivity contribution in [3.8, 4) is 5.75 Å². The molecular weight excluding hydrogens is 266 g/mol. The highest BCUT2D eigenvalue weighted by atomic mass is 79.9. The molecule has 2 rings (SSSR count). The number of rotatable bonds is 5. The van der Waals surface area contributed by atoms with Crippen LogP contribution in [0.15, 0.2) is 22.7 Å². The summed E-state index contributed by atoms with van der Waals surface area (Å²) in [6, 6.07) is 6.24. The Morgan fingerprint density at radius 1 is 1.38 bits per heavy atom. The fourth-order valence-electron chi connectivity index (χ4n) is 1.65. The number of benzene rings is 1. The Morgan fingerprint density at radius 3 is 2.75 bits per heavy atom. The fraction of sp³-hybridized carbons (Fsp3) is 0.538. The minimum atomic E-state index is 0.802. The summed E-state index contributed by atoms with van der Waals surface area (Å²) in [7, 11) is 4.15. The molecule has 0 amide bonds. The third kappa shape index (κ3) is 3.49. The molecule has 0 heterocycles. The quantitative estimate of drug-likeness (QED) is 0.822. The molecular formula is C13H18BrNO. The average Bonchev–Trinajstić information content (AvgIpc) is 2.99. The van der Waals surface area contributed by atoms with Gasteiger partial charge in [0, 0.05) is 16.6 Å². The third-order valence-corrected chi connectivity index (χ3v) is 3.17. The maximum atomic E-state index is 5.87. The number of hydrogen-bond acceptors (Lipinski definition) is 2. The minimum Gasteiger partial charge on any atom is -0.493 e. The van der Waals surface area contributed by atoms with Gasteiger partial charge >= 0.3 is 0 Å². The van der Waals surface area contributed by atoms with E-state index >= 15 is 0 Å². The summed E-state index contributed by atoms with van der Waals surface area (Å²) in [6.45, 7) is 1.79. The smallest absolute Gasteiger partial charge is 0.123 e. The molecule has 1 aliphatic rings. The molecule has 1 aliphatic carbocycles. The predicted molar refractivity (Wildman–Crippen MR) is 69.8 cm³/mol. The van der Waals surface area contributed by atoms with Crippen LogP contribution >= 0.6 is 15.9 Å². The van der Waals surface area contributed by atoms with Gasteiger partial charge in [-0.1, -0.05) is 15.9 Å². The number of nitrogens with zero attached hydrogens (tertiary/aromatic N) is 1. The van der Waals surface area contributed by atoms with Gasteiger partial charge in [-0.2, -0.15) is 0 Å². The Balaban J connectivity index is 2.06. The van der Waals surface area contributed by atoms with Gasteiger partial charge in [0.05, 0.1) is 6.61 Å². The first kappa shape index (κ1) is 11.9. The predicted octanol–water partition coefficient (Wildman–Crippen LogP) is 3.30. The van der Waals surface area contributed by atoms with Gasteiger partial charge in [0.15, 0.2) is 0 Å². The van der Waals surface area contributed by atoms with Crippen molar-refractivity contribution in [1.82, 2.24) is 4.90 Å². The standard InChI is InChI=1S/C13H18BrNO/c1-15(2)8-11-7-12(14)5-6-13(11)16-9-10-3-4-10/h5-7,10H,3-4,8-9H2,1-2H3. The van der Waals surface area contributed by atoms with Crippen molar-refractivity contribution in [1.29, 1.82) is 0 Å². The zero-order valence-electron chi connectivity index (χ0n) is 9.87. The third-order valence-electron chi connectivity index (χ3n) is 2.68. The Hall–Kier alpha value is -0.540. The number of halogens is 1. The van der Waals surface area contributed by atoms with E-state index in [4.69, 9.17) is 4.74 Å². The monoisotopic (exact) mass is 283 g/mol. The first-order chi connectivity index (χ1) is 7.65. The first-order valence-electron chi connectivity index (χ1n) is 5.71. The van der Waals surface area contributed by atoms with Gasteiger partial charge in [-0.15, -0.1) is 0 Å². The normalized spacial score (nSPS) is 15.5. The summed E-state index contributed by atoms with van der Waals surface area (Å²) in [6.07, 6.45) is 2.67. The number of hydrogen-bond donors (Lipinski definition) is 0. The summed E-state index contributed by atoms with van der Waals surface area (Å²) in [5, 5.41) is 0. The maximum absolute atomic E-state index is 5.87. The molecule has 0 aliphatic heterocycles. The van der Waals surface area contributed by atoms with Crippen LogP contribution in [0.1, 0.15) is 18.4 Å². The zero-order chi connectivity index (χ0) is 11.5. The summed E-state index contributed by atoms with van der Waals surface area (Å²) >= 11 is 3.50. The van der Waals surface area contributed by atoms with Crippen molar-refractivity contribution < 1.29 is 4.74 Å². The molecule has 0 aromatic heterocycles. The van der Waals surface area contributed by atoms with E-state index in [-0.39, 0.29) is 0 Å². The van der Waals surface area contributed by atoms with Crippen molar-refractivity contribution in [2.24, 2.45) is 5.92 Å². The van der Waals surface area contributed by atoms with Crippen LogP contribution in [0.3, 0.4) is 0 Å². The largest absolute Gasteiger partial charge is 0.493 e. The van der Waals surface area contributed by atoms with Gasteiger partial charge in [0.1, 0.15) is 5.75 Å². The van der Waals surface area contributed by atoms with Gasteiger partial charge in [0.2, 0.25) is 0 Å². The van der Waals surface area contributed by atoms with E-state index in [1.807, 2.05) is 6.07 Å². The lowest BCUT2D eigenvalue weighted by Gasteiger charge is -2.15. The van der Waals surface area contributed by atoms with Crippen molar-refractivity contribution in [3.63, 3.8) is 0 Å². The average molecular weight is 284 g/mol. The molecule has 1 fully saturated rings. The van der Waals surface area contributed by atoms with E-state index < -0.39 is 0 Å². The van der Waals surface area contributed by atoms with Crippen LogP contribution in [0.2, 0.25) is 0 Å². The van der Waals surface area contributed by atoms with Crippen molar-refractivity contribution in [2.45, 2.75) is 19.4 Å². The van der Waals surface area contributed by atoms with Crippen LogP contribution in [0.4, 0.5) is 0 Å². The van der Waals surface area contributed by atoms with E-state index in [1.54, 1.807) is 0 Å². The van der Waals surface area contributed by atoms with E-state index in [1.165, 1.54) is 18.4 Å². The highest BCUT2D eigenvalue weighted by molar-refractivity contribution is 9.10. The summed E-state index contributed by atoms with van der Waals surface area (Å²) in [4.78, 5) is 2.16. The highest BCUT2D eigenvalue weighted by Gasteiger charge is 2.22. The Morgan fingerprint density at radius 2 is 2.12 bits per heavy atom. The summed E-state index contributed by atoms with van der Waals surface area (Å²) < 4.78 is 6.98. The molecule has 1 aromatic rings. The maximum Gasteiger partial charge on any atom is 0.123 e. The van der Waals surface area contributed by atoms with Crippen molar-refractivity contribution >= 4 is 15.9 Å². The van der Waals surface area contributed by atoms with E-state index in [0.29, 0.717) is 0 Å². The molecule has 0 N–H and O–H groups in total. The number of ether oxygens (including phenoxy) is 1. The second kappa shape index (κ2) is 5.19. The minimum absolute atomic E-state index is 0.802. The van der Waals surface area contributed by atoms with Crippen LogP contribution < -0.4 is 4.74 Å². The molecule has 0 bridgehead atoms. The molecule has 1 saturated carbocycles. The van der Waals surface area contributed by atoms with Crippen LogP contribution in [-0.2, 0) is 6.54 Å². The topological polar surface area (TPSA) is 12.5 Å². The molecule has 88 valence electrons. The highest BCUT2D eigenvalue weighted by Crippen LogP contribution is 2.31. The van der Waals surface area contributed by atoms with Crippen molar-refractivity contribution in [2.75, 3.05) is 20.7 Å². The molecule has 0 unspecified atom stereocenters. The fourth-order valence-corrected chi connectivity index (χ4v) is 2.05. The van der Waals surface area contributed by atoms with Crippen LogP contribution in [0, 0.1) is 5.92 Å². The Labute approximate surface area is 106 Å². The van der Waals surface area contributed by atoms with E-state index in [9.17, 15) is 0 Å². The second-order valence-electron chi connectivity index (χ2n) is 4.74. The van der Waals surface area contributed by atoms with E-state index in [2.05, 4.69) is 47.1 Å². The lowest BCUT2D eigenvalue weighted by molar-refractivity contribution is 0.290. The van der Waals surface area contributed by atoms with Gasteiger partial charge in [-0.05, 0) is 51.1 Å². The Kier molecular flexibility index (Phi) is 3.87. The summed E-state index contributed by atoms with van der Waals surface area (Å²) in [5.74, 6) is 1.83. The molecule has 0 atom stereocenters. The van der Waals surface area contributed by atoms with Gasteiger partial charge in [-0.3, -0.25) is 0 Å². The molecule has 0 radical (unpaired) electrons. The molecule has 1 aromatic carbocycles. The van der Waals surface area contributed by atoms with E-state index in [0.717, 1.165) is 29.3 Å². The van der Waals surface area contributed by atoms with Crippen LogP contribution in [0.5, 0.6) is 5.75 Å². The SMILES string of the molecule is CN(C)Cc1cc(Br)ccc1OCC1CC1. The molecule has 2 nitrogen and oxygen atoms in total. The lowest BCUT2D eigenvalue weighted by atomic mass is 10.2. The molecule has 0 spiro atoms. The Bertz CT molecular complexity index is 361. The van der Waals surface area contributed by atoms with Gasteiger partial charge < -0.3 is 9.64 Å². The van der Waals surface area contributed by atoms with Crippen LogP contribution in [-0.4, -0.2) is 25.6 Å². The molecule has 0 saturated heterocycles. The van der Waals surface area contributed by atoms with Gasteiger partial charge in [-0.25, -0.2) is 0 Å². The van der Waals surface area contributed by atoms with Gasteiger partial charge in [0.25, 0.3) is 0 Å². The summed E-state index contributed by atoms with van der Waals surface area (Å²) in [5.41, 5.74) is 1.25. The molecule has 3 heteroatoms. The first-order valence-corrected chi connectivity index (χ1v) is 6.50. The van der Waals surface area contributed by atoms with Crippen molar-refractivity contribution in [3.05, 3.63) is 28.2 Å².